The van der Waals surface area contributed by atoms with Gasteiger partial charge in [-0.1, -0.05) is 80.6 Å². The first kappa shape index (κ1) is 18.0. The summed E-state index contributed by atoms with van der Waals surface area (Å²) in [7, 11) is 0. The van der Waals surface area contributed by atoms with Crippen LogP contribution in [0, 0.1) is 0 Å². The van der Waals surface area contributed by atoms with Crippen molar-refractivity contribution in [1.29, 1.82) is 0 Å². The Balaban J connectivity index is 1.87. The van der Waals surface area contributed by atoms with Crippen LogP contribution in [0.3, 0.4) is 0 Å². The van der Waals surface area contributed by atoms with Gasteiger partial charge in [0, 0.05) is 17.3 Å². The van der Waals surface area contributed by atoms with E-state index in [0.29, 0.717) is 17.3 Å². The number of rotatable bonds is 11. The molecule has 1 N–H and O–H groups in total. The molecule has 1 aliphatic carbocycles. The van der Waals surface area contributed by atoms with Gasteiger partial charge in [-0.05, 0) is 19.3 Å². The fraction of sp³-hybridized carbons (Fsp3) is 0.941. The van der Waals surface area contributed by atoms with E-state index in [9.17, 15) is 4.79 Å². The molecular weight excluding hydrogens is 314 g/mol. The van der Waals surface area contributed by atoms with E-state index >= 15 is 0 Å². The maximum absolute atomic E-state index is 11.8. The van der Waals surface area contributed by atoms with E-state index in [2.05, 4.69) is 28.2 Å². The highest BCUT2D eigenvalue weighted by atomic mass is 79.9. The van der Waals surface area contributed by atoms with E-state index in [1.807, 2.05) is 0 Å². The van der Waals surface area contributed by atoms with Crippen molar-refractivity contribution in [3.8, 4) is 0 Å². The van der Waals surface area contributed by atoms with Crippen LogP contribution in [-0.4, -0.2) is 16.8 Å². The van der Waals surface area contributed by atoms with Crippen molar-refractivity contribution in [2.24, 2.45) is 0 Å². The van der Waals surface area contributed by atoms with Crippen LogP contribution in [0.15, 0.2) is 0 Å². The van der Waals surface area contributed by atoms with Gasteiger partial charge in [0.25, 0.3) is 0 Å². The standard InChI is InChI=1S/C17H32BrNO/c1-2-3-4-5-6-7-8-9-10-14-17(20)19-16-13-11-12-15(16)18/h15-16H,2-14H2,1H3,(H,19,20). The van der Waals surface area contributed by atoms with E-state index in [1.165, 1.54) is 64.2 Å². The molecule has 2 atom stereocenters. The van der Waals surface area contributed by atoms with Gasteiger partial charge in [0.2, 0.25) is 5.91 Å². The molecule has 0 bridgehead atoms. The minimum atomic E-state index is 0.254. The van der Waals surface area contributed by atoms with Crippen LogP contribution in [0.2, 0.25) is 0 Å². The molecular formula is C17H32BrNO. The maximum atomic E-state index is 11.8. The van der Waals surface area contributed by atoms with E-state index in [4.69, 9.17) is 0 Å². The monoisotopic (exact) mass is 345 g/mol. The number of carbonyl (C=O) groups excluding carboxylic acids is 1. The number of amides is 1. The summed E-state index contributed by atoms with van der Waals surface area (Å²) in [5.41, 5.74) is 0. The zero-order valence-electron chi connectivity index (χ0n) is 13.1. The number of halogens is 1. The largest absolute Gasteiger partial charge is 0.352 e. The smallest absolute Gasteiger partial charge is 0.220 e. The number of unbranched alkanes of at least 4 members (excludes halogenated alkanes) is 8. The van der Waals surface area contributed by atoms with Crippen LogP contribution in [0.4, 0.5) is 0 Å². The van der Waals surface area contributed by atoms with Gasteiger partial charge in [-0.15, -0.1) is 0 Å². The van der Waals surface area contributed by atoms with Crippen LogP contribution < -0.4 is 5.32 Å². The third-order valence-corrected chi connectivity index (χ3v) is 5.38. The number of nitrogens with one attached hydrogen (secondary N) is 1. The highest BCUT2D eigenvalue weighted by Gasteiger charge is 2.25. The molecule has 2 nitrogen and oxygen atoms in total. The van der Waals surface area contributed by atoms with Crippen molar-refractivity contribution in [1.82, 2.24) is 5.32 Å². The molecule has 0 aliphatic heterocycles. The summed E-state index contributed by atoms with van der Waals surface area (Å²) >= 11 is 3.65. The Morgan fingerprint density at radius 1 is 1.00 bits per heavy atom. The Morgan fingerprint density at radius 3 is 2.15 bits per heavy atom. The van der Waals surface area contributed by atoms with Gasteiger partial charge >= 0.3 is 0 Å². The zero-order chi connectivity index (χ0) is 14.6. The second kappa shape index (κ2) is 11.6. The molecule has 1 aliphatic rings. The molecule has 0 aromatic rings. The van der Waals surface area contributed by atoms with Crippen LogP contribution in [-0.2, 0) is 4.79 Å². The fourth-order valence-electron chi connectivity index (χ4n) is 2.95. The molecule has 118 valence electrons. The Labute approximate surface area is 133 Å². The van der Waals surface area contributed by atoms with Crippen molar-refractivity contribution >= 4 is 21.8 Å². The molecule has 2 unspecified atom stereocenters. The van der Waals surface area contributed by atoms with Crippen LogP contribution in [0.5, 0.6) is 0 Å². The van der Waals surface area contributed by atoms with Gasteiger partial charge in [-0.25, -0.2) is 0 Å². The lowest BCUT2D eigenvalue weighted by Crippen LogP contribution is -2.37. The summed E-state index contributed by atoms with van der Waals surface area (Å²) in [4.78, 5) is 12.3. The Kier molecular flexibility index (Phi) is 10.4. The normalized spacial score (nSPS) is 22.1. The molecule has 20 heavy (non-hydrogen) atoms. The molecule has 0 heterocycles. The molecule has 1 rings (SSSR count). The van der Waals surface area contributed by atoms with Crippen molar-refractivity contribution in [2.75, 3.05) is 0 Å². The molecule has 1 saturated carbocycles. The minimum Gasteiger partial charge on any atom is -0.352 e. The Morgan fingerprint density at radius 2 is 1.60 bits per heavy atom. The molecule has 0 saturated heterocycles. The second-order valence-corrected chi connectivity index (χ2v) is 7.38. The number of carbonyl (C=O) groups is 1. The van der Waals surface area contributed by atoms with Crippen LogP contribution in [0.25, 0.3) is 0 Å². The lowest BCUT2D eigenvalue weighted by atomic mass is 10.1. The lowest BCUT2D eigenvalue weighted by molar-refractivity contribution is -0.121. The van der Waals surface area contributed by atoms with E-state index in [0.717, 1.165) is 12.8 Å². The SMILES string of the molecule is CCCCCCCCCCCC(=O)NC1CCCC1Br. The maximum Gasteiger partial charge on any atom is 0.220 e. The van der Waals surface area contributed by atoms with Crippen molar-refractivity contribution in [3.05, 3.63) is 0 Å². The molecule has 0 radical (unpaired) electrons. The first-order valence-electron chi connectivity index (χ1n) is 8.67. The predicted molar refractivity (Wildman–Crippen MR) is 90.3 cm³/mol. The molecule has 0 aromatic carbocycles. The third-order valence-electron chi connectivity index (χ3n) is 4.29. The Bertz CT molecular complexity index is 257. The minimum absolute atomic E-state index is 0.254. The van der Waals surface area contributed by atoms with Crippen LogP contribution in [0.1, 0.15) is 90.4 Å². The second-order valence-electron chi connectivity index (χ2n) is 6.20. The summed E-state index contributed by atoms with van der Waals surface area (Å²) in [6, 6.07) is 0.376. The highest BCUT2D eigenvalue weighted by molar-refractivity contribution is 9.09. The molecule has 0 aromatic heterocycles. The van der Waals surface area contributed by atoms with E-state index < -0.39 is 0 Å². The predicted octanol–water partition coefficient (Wildman–Crippen LogP) is 5.34. The number of alkyl halides is 1. The molecule has 0 spiro atoms. The number of hydrogen-bond acceptors (Lipinski definition) is 1. The van der Waals surface area contributed by atoms with Crippen molar-refractivity contribution < 1.29 is 4.79 Å². The topological polar surface area (TPSA) is 29.1 Å². The quantitative estimate of drug-likeness (QED) is 0.397. The van der Waals surface area contributed by atoms with E-state index in [-0.39, 0.29) is 5.91 Å². The molecule has 1 fully saturated rings. The summed E-state index contributed by atoms with van der Waals surface area (Å²) < 4.78 is 0. The fourth-order valence-corrected chi connectivity index (χ4v) is 3.67. The van der Waals surface area contributed by atoms with Crippen molar-refractivity contribution in [3.63, 3.8) is 0 Å². The van der Waals surface area contributed by atoms with E-state index in [1.54, 1.807) is 0 Å². The van der Waals surface area contributed by atoms with Crippen LogP contribution >= 0.6 is 15.9 Å². The van der Waals surface area contributed by atoms with Gasteiger partial charge in [0.1, 0.15) is 0 Å². The average molecular weight is 346 g/mol. The number of hydrogen-bond donors (Lipinski definition) is 1. The first-order chi connectivity index (χ1) is 9.74. The van der Waals surface area contributed by atoms with Gasteiger partial charge < -0.3 is 5.32 Å². The highest BCUT2D eigenvalue weighted by Crippen LogP contribution is 2.25. The molecule has 3 heteroatoms. The summed E-state index contributed by atoms with van der Waals surface area (Å²) in [6.45, 7) is 2.26. The average Bonchev–Trinajstić information content (AvgIpc) is 2.82. The first-order valence-corrected chi connectivity index (χ1v) is 9.59. The summed E-state index contributed by atoms with van der Waals surface area (Å²) in [5, 5.41) is 3.17. The summed E-state index contributed by atoms with van der Waals surface area (Å²) in [6.07, 6.45) is 16.1. The van der Waals surface area contributed by atoms with Gasteiger partial charge in [-0.3, -0.25) is 4.79 Å². The Hall–Kier alpha value is -0.0500. The van der Waals surface area contributed by atoms with Gasteiger partial charge in [-0.2, -0.15) is 0 Å². The zero-order valence-corrected chi connectivity index (χ0v) is 14.7. The van der Waals surface area contributed by atoms with Crippen molar-refractivity contribution in [2.45, 2.75) is 101 Å². The van der Waals surface area contributed by atoms with Gasteiger partial charge in [0.15, 0.2) is 0 Å². The van der Waals surface area contributed by atoms with Gasteiger partial charge in [0.05, 0.1) is 0 Å². The molecule has 1 amide bonds. The lowest BCUT2D eigenvalue weighted by Gasteiger charge is -2.15. The summed E-state index contributed by atoms with van der Waals surface area (Å²) in [5.74, 6) is 0.254. The third kappa shape index (κ3) is 8.28.